The molecule has 12 heavy (non-hydrogen) atoms. The standard InChI is InChI=1S/C8H25NSi3/c1-8-12(6,7)9(10(2)3)11(4)5/h10-11H,8H2,1-7H3. The summed E-state index contributed by atoms with van der Waals surface area (Å²) in [5, 5.41) is 0. The monoisotopic (exact) mass is 219 g/mol. The van der Waals surface area contributed by atoms with Gasteiger partial charge in [-0.15, -0.1) is 0 Å². The predicted octanol–water partition coefficient (Wildman–Crippen LogP) is 2.48. The SMILES string of the molecule is CC[Si](C)(C)N([SiH](C)C)[SiH](C)C. The van der Waals surface area contributed by atoms with Crippen molar-refractivity contribution >= 4 is 26.2 Å². The molecule has 0 aliphatic heterocycles. The molecule has 0 spiro atoms. The van der Waals surface area contributed by atoms with Crippen LogP contribution in [0.5, 0.6) is 0 Å². The van der Waals surface area contributed by atoms with E-state index in [9.17, 15) is 0 Å². The number of nitrogens with zero attached hydrogens (tertiary/aromatic N) is 1. The van der Waals surface area contributed by atoms with Crippen molar-refractivity contribution in [3.05, 3.63) is 0 Å². The Balaban J connectivity index is 4.50. The van der Waals surface area contributed by atoms with Crippen molar-refractivity contribution in [3.8, 4) is 0 Å². The fourth-order valence-electron chi connectivity index (χ4n) is 2.18. The Labute approximate surface area is 82.6 Å². The molecule has 0 bridgehead atoms. The highest BCUT2D eigenvalue weighted by atomic mass is 28.4. The van der Waals surface area contributed by atoms with Crippen molar-refractivity contribution in [2.24, 2.45) is 0 Å². The highest BCUT2D eigenvalue weighted by molar-refractivity contribution is 6.93. The molecule has 0 atom stereocenters. The Morgan fingerprint density at radius 2 is 1.33 bits per heavy atom. The topological polar surface area (TPSA) is 3.24 Å². The van der Waals surface area contributed by atoms with Crippen molar-refractivity contribution in [2.75, 3.05) is 0 Å². The molecule has 0 unspecified atom stereocenters. The molecular weight excluding hydrogens is 194 g/mol. The van der Waals surface area contributed by atoms with Gasteiger partial charge in [-0.05, 0) is 6.04 Å². The molecule has 0 aliphatic carbocycles. The molecule has 0 amide bonds. The second kappa shape index (κ2) is 4.74. The van der Waals surface area contributed by atoms with Gasteiger partial charge in [0.1, 0.15) is 8.24 Å². The Hall–Kier alpha value is 0.611. The summed E-state index contributed by atoms with van der Waals surface area (Å²) in [6.45, 7) is 17.4. The van der Waals surface area contributed by atoms with Crippen molar-refractivity contribution in [3.63, 3.8) is 0 Å². The Bertz CT molecular complexity index is 126. The summed E-state index contributed by atoms with van der Waals surface area (Å²) in [6.07, 6.45) is 0. The maximum Gasteiger partial charge on any atom is 0.108 e. The molecule has 0 rings (SSSR count). The summed E-state index contributed by atoms with van der Waals surface area (Å²) in [5.41, 5.74) is 0. The first-order valence-electron chi connectivity index (χ1n) is 5.11. The van der Waals surface area contributed by atoms with Crippen molar-refractivity contribution in [1.82, 2.24) is 3.90 Å². The van der Waals surface area contributed by atoms with Crippen LogP contribution >= 0.6 is 0 Å². The van der Waals surface area contributed by atoms with E-state index in [0.717, 1.165) is 0 Å². The number of hydrogen-bond donors (Lipinski definition) is 0. The molecule has 0 aliphatic rings. The highest BCUT2D eigenvalue weighted by Gasteiger charge is 2.31. The lowest BCUT2D eigenvalue weighted by molar-refractivity contribution is 0.938. The van der Waals surface area contributed by atoms with Gasteiger partial charge in [-0.1, -0.05) is 46.2 Å². The van der Waals surface area contributed by atoms with Gasteiger partial charge in [0.15, 0.2) is 0 Å². The van der Waals surface area contributed by atoms with Crippen molar-refractivity contribution in [2.45, 2.75) is 52.2 Å². The van der Waals surface area contributed by atoms with Crippen molar-refractivity contribution < 1.29 is 0 Å². The average molecular weight is 220 g/mol. The second-order valence-corrected chi connectivity index (χ2v) is 16.7. The molecule has 0 aromatic heterocycles. The third-order valence-corrected chi connectivity index (χ3v) is 18.9. The third kappa shape index (κ3) is 3.16. The molecular formula is C8H25NSi3. The van der Waals surface area contributed by atoms with E-state index in [2.05, 4.69) is 50.1 Å². The van der Waals surface area contributed by atoms with Crippen LogP contribution in [-0.2, 0) is 0 Å². The van der Waals surface area contributed by atoms with Crippen LogP contribution in [-0.4, -0.2) is 30.0 Å². The molecule has 0 aromatic rings. The van der Waals surface area contributed by atoms with Crippen LogP contribution in [0.15, 0.2) is 0 Å². The van der Waals surface area contributed by atoms with Gasteiger partial charge in [-0.25, -0.2) is 0 Å². The zero-order chi connectivity index (χ0) is 9.94. The van der Waals surface area contributed by atoms with Crippen LogP contribution in [0.25, 0.3) is 0 Å². The first-order valence-corrected chi connectivity index (χ1v) is 13.9. The first kappa shape index (κ1) is 12.6. The van der Waals surface area contributed by atoms with Crippen LogP contribution in [0.4, 0.5) is 0 Å². The molecule has 0 heterocycles. The lowest BCUT2D eigenvalue weighted by atomic mass is 11.0. The van der Waals surface area contributed by atoms with E-state index in [1.807, 2.05) is 0 Å². The van der Waals surface area contributed by atoms with Gasteiger partial charge >= 0.3 is 0 Å². The summed E-state index contributed by atoms with van der Waals surface area (Å²) in [5.74, 6) is 0. The molecule has 4 heteroatoms. The Kier molecular flexibility index (Phi) is 4.98. The highest BCUT2D eigenvalue weighted by Crippen LogP contribution is 2.18. The molecule has 0 N–H and O–H groups in total. The smallest absolute Gasteiger partial charge is 0.108 e. The molecule has 0 fully saturated rings. The van der Waals surface area contributed by atoms with Crippen LogP contribution in [0, 0.1) is 0 Å². The lowest BCUT2D eigenvalue weighted by Gasteiger charge is -2.42. The van der Waals surface area contributed by atoms with E-state index in [1.165, 1.54) is 6.04 Å². The summed E-state index contributed by atoms with van der Waals surface area (Å²) in [4.78, 5) is 0. The van der Waals surface area contributed by atoms with Crippen LogP contribution in [0.2, 0.25) is 45.3 Å². The summed E-state index contributed by atoms with van der Waals surface area (Å²) in [7, 11) is -2.03. The average Bonchev–Trinajstić information content (AvgIpc) is 1.84. The zero-order valence-electron chi connectivity index (χ0n) is 9.81. The predicted molar refractivity (Wildman–Crippen MR) is 67.6 cm³/mol. The minimum atomic E-state index is -0.976. The van der Waals surface area contributed by atoms with Gasteiger partial charge in [0.25, 0.3) is 0 Å². The summed E-state index contributed by atoms with van der Waals surface area (Å²) >= 11 is 0. The minimum absolute atomic E-state index is 0.529. The van der Waals surface area contributed by atoms with E-state index >= 15 is 0 Å². The third-order valence-electron chi connectivity index (χ3n) is 2.68. The van der Waals surface area contributed by atoms with E-state index in [-0.39, 0.29) is 0 Å². The first-order chi connectivity index (χ1) is 5.33. The largest absolute Gasteiger partial charge is 0.373 e. The van der Waals surface area contributed by atoms with Crippen molar-refractivity contribution in [1.29, 1.82) is 0 Å². The number of rotatable bonds is 4. The molecule has 0 saturated heterocycles. The van der Waals surface area contributed by atoms with E-state index in [4.69, 9.17) is 0 Å². The summed E-state index contributed by atoms with van der Waals surface area (Å²) < 4.78 is 2.99. The van der Waals surface area contributed by atoms with Gasteiger partial charge in [-0.2, -0.15) is 0 Å². The summed E-state index contributed by atoms with van der Waals surface area (Å²) in [6, 6.07) is 1.42. The fourth-order valence-corrected chi connectivity index (χ4v) is 19.6. The Morgan fingerprint density at radius 3 is 1.42 bits per heavy atom. The molecule has 0 aromatic carbocycles. The zero-order valence-corrected chi connectivity index (χ0v) is 13.1. The van der Waals surface area contributed by atoms with Gasteiger partial charge in [0, 0.05) is 0 Å². The maximum atomic E-state index is 2.99. The van der Waals surface area contributed by atoms with Gasteiger partial charge in [0.2, 0.25) is 0 Å². The normalized spacial score (nSPS) is 13.5. The molecule has 0 radical (unpaired) electrons. The molecule has 1 nitrogen and oxygen atoms in total. The van der Waals surface area contributed by atoms with Gasteiger partial charge in [-0.3, -0.25) is 0 Å². The lowest BCUT2D eigenvalue weighted by Crippen LogP contribution is -2.58. The molecule has 0 saturated carbocycles. The quantitative estimate of drug-likeness (QED) is 0.657. The van der Waals surface area contributed by atoms with Gasteiger partial charge < -0.3 is 3.90 Å². The minimum Gasteiger partial charge on any atom is -0.373 e. The van der Waals surface area contributed by atoms with E-state index < -0.39 is 26.2 Å². The number of hydrogen-bond acceptors (Lipinski definition) is 1. The van der Waals surface area contributed by atoms with E-state index in [1.54, 1.807) is 0 Å². The Morgan fingerprint density at radius 1 is 1.00 bits per heavy atom. The van der Waals surface area contributed by atoms with Crippen LogP contribution in [0.1, 0.15) is 6.92 Å². The van der Waals surface area contributed by atoms with E-state index in [0.29, 0.717) is 0 Å². The fraction of sp³-hybridized carbons (Fsp3) is 1.00. The van der Waals surface area contributed by atoms with Crippen LogP contribution in [0.3, 0.4) is 0 Å². The van der Waals surface area contributed by atoms with Gasteiger partial charge in [0.05, 0.1) is 17.9 Å². The second-order valence-electron chi connectivity index (χ2n) is 4.76. The maximum absolute atomic E-state index is 2.99. The molecule has 74 valence electrons. The van der Waals surface area contributed by atoms with Crippen LogP contribution < -0.4 is 0 Å².